The zero-order valence-electron chi connectivity index (χ0n) is 12.9. The summed E-state index contributed by atoms with van der Waals surface area (Å²) in [7, 11) is 0. The fraction of sp³-hybridized carbons (Fsp3) is 0.895. The first kappa shape index (κ1) is 13.7. The first-order valence-electron chi connectivity index (χ1n) is 9.02. The largest absolute Gasteiger partial charge is 0.0851 e. The Kier molecular flexibility index (Phi) is 4.66. The highest BCUT2D eigenvalue weighted by Crippen LogP contribution is 2.46. The van der Waals surface area contributed by atoms with Crippen LogP contribution >= 0.6 is 0 Å². The first-order chi connectivity index (χ1) is 9.33. The highest BCUT2D eigenvalue weighted by atomic mass is 14.4. The minimum atomic E-state index is 0.988. The van der Waals surface area contributed by atoms with Gasteiger partial charge in [0, 0.05) is 0 Å². The maximum atomic E-state index is 2.63. The lowest BCUT2D eigenvalue weighted by atomic mass is 9.75. The molecule has 2 fully saturated rings. The smallest absolute Gasteiger partial charge is 0.0200 e. The average Bonchev–Trinajstić information content (AvgIpc) is 2.76. The van der Waals surface area contributed by atoms with E-state index >= 15 is 0 Å². The van der Waals surface area contributed by atoms with E-state index in [9.17, 15) is 0 Å². The molecule has 2 unspecified atom stereocenters. The Morgan fingerprint density at radius 2 is 1.63 bits per heavy atom. The van der Waals surface area contributed by atoms with Gasteiger partial charge in [0.05, 0.1) is 0 Å². The fourth-order valence-corrected chi connectivity index (χ4v) is 4.95. The number of rotatable bonds is 2. The third-order valence-corrected chi connectivity index (χ3v) is 6.30. The van der Waals surface area contributed by atoms with E-state index in [0.717, 1.165) is 23.7 Å². The molecule has 0 heterocycles. The van der Waals surface area contributed by atoms with Crippen LogP contribution in [0.2, 0.25) is 0 Å². The molecule has 0 bridgehead atoms. The van der Waals surface area contributed by atoms with Gasteiger partial charge in [-0.25, -0.2) is 0 Å². The van der Waals surface area contributed by atoms with Crippen LogP contribution in [-0.4, -0.2) is 0 Å². The molecule has 3 aliphatic rings. The van der Waals surface area contributed by atoms with Crippen molar-refractivity contribution >= 4 is 0 Å². The van der Waals surface area contributed by atoms with Crippen molar-refractivity contribution < 1.29 is 0 Å². The molecule has 108 valence electrons. The Morgan fingerprint density at radius 3 is 2.47 bits per heavy atom. The van der Waals surface area contributed by atoms with Gasteiger partial charge in [0.15, 0.2) is 0 Å². The van der Waals surface area contributed by atoms with Gasteiger partial charge in [-0.1, -0.05) is 37.8 Å². The highest BCUT2D eigenvalue weighted by Gasteiger charge is 2.33. The molecule has 0 aromatic rings. The molecule has 2 atom stereocenters. The molecule has 0 aromatic heterocycles. The van der Waals surface area contributed by atoms with Gasteiger partial charge < -0.3 is 0 Å². The molecule has 0 aliphatic heterocycles. The lowest BCUT2D eigenvalue weighted by molar-refractivity contribution is 0.212. The van der Waals surface area contributed by atoms with E-state index in [1.807, 2.05) is 5.57 Å². The van der Waals surface area contributed by atoms with Crippen LogP contribution in [0.25, 0.3) is 0 Å². The summed E-state index contributed by atoms with van der Waals surface area (Å²) < 4.78 is 0. The van der Waals surface area contributed by atoms with Crippen molar-refractivity contribution in [2.24, 2.45) is 23.7 Å². The van der Waals surface area contributed by atoms with Gasteiger partial charge in [-0.05, 0) is 81.5 Å². The van der Waals surface area contributed by atoms with E-state index in [1.54, 1.807) is 12.8 Å². The van der Waals surface area contributed by atoms with Crippen molar-refractivity contribution in [1.82, 2.24) is 0 Å². The quantitative estimate of drug-likeness (QED) is 0.525. The molecule has 3 aliphatic carbocycles. The van der Waals surface area contributed by atoms with Gasteiger partial charge in [-0.15, -0.1) is 0 Å². The molecule has 0 spiro atoms. The summed E-state index contributed by atoms with van der Waals surface area (Å²) in [5, 5.41) is 0. The van der Waals surface area contributed by atoms with E-state index in [4.69, 9.17) is 0 Å². The van der Waals surface area contributed by atoms with Gasteiger partial charge in [0.25, 0.3) is 0 Å². The van der Waals surface area contributed by atoms with Crippen LogP contribution in [0.4, 0.5) is 0 Å². The second kappa shape index (κ2) is 6.46. The Balaban J connectivity index is 1.53. The van der Waals surface area contributed by atoms with Crippen molar-refractivity contribution in [1.29, 1.82) is 0 Å². The summed E-state index contributed by atoms with van der Waals surface area (Å²) >= 11 is 0. The van der Waals surface area contributed by atoms with E-state index < -0.39 is 0 Å². The lowest BCUT2D eigenvalue weighted by Gasteiger charge is -2.31. The van der Waals surface area contributed by atoms with Crippen LogP contribution < -0.4 is 0 Å². The normalized spacial score (nSPS) is 40.8. The van der Waals surface area contributed by atoms with Crippen molar-refractivity contribution in [3.05, 3.63) is 11.6 Å². The van der Waals surface area contributed by atoms with Gasteiger partial charge in [0.1, 0.15) is 0 Å². The molecule has 0 heteroatoms. The topological polar surface area (TPSA) is 0 Å². The molecule has 0 N–H and O–H groups in total. The van der Waals surface area contributed by atoms with Gasteiger partial charge >= 0.3 is 0 Å². The second-order valence-corrected chi connectivity index (χ2v) is 7.67. The molecule has 0 nitrogen and oxygen atoms in total. The maximum absolute atomic E-state index is 2.63. The molecule has 0 amide bonds. The lowest BCUT2D eigenvalue weighted by Crippen LogP contribution is -2.19. The molecule has 19 heavy (non-hydrogen) atoms. The van der Waals surface area contributed by atoms with Crippen LogP contribution in [0.15, 0.2) is 11.6 Å². The summed E-state index contributed by atoms with van der Waals surface area (Å²) in [5.41, 5.74) is 1.86. The SMILES string of the molecule is CC1CCC(C2CCC(C3=CCCCCC3)C2)CC1. The third kappa shape index (κ3) is 3.44. The first-order valence-corrected chi connectivity index (χ1v) is 9.02. The van der Waals surface area contributed by atoms with Gasteiger partial charge in [0.2, 0.25) is 0 Å². The molecular weight excluding hydrogens is 228 g/mol. The molecule has 0 radical (unpaired) electrons. The molecule has 0 aromatic carbocycles. The minimum Gasteiger partial charge on any atom is -0.0851 e. The fourth-order valence-electron chi connectivity index (χ4n) is 4.95. The molecule has 3 rings (SSSR count). The Hall–Kier alpha value is -0.260. The summed E-state index contributed by atoms with van der Waals surface area (Å²) in [6.07, 6.45) is 20.5. The van der Waals surface area contributed by atoms with Crippen LogP contribution in [0, 0.1) is 23.7 Å². The monoisotopic (exact) mass is 260 g/mol. The van der Waals surface area contributed by atoms with Crippen molar-refractivity contribution in [3.63, 3.8) is 0 Å². The van der Waals surface area contributed by atoms with Gasteiger partial charge in [-0.2, -0.15) is 0 Å². The Labute approximate surface area is 120 Å². The van der Waals surface area contributed by atoms with Crippen LogP contribution in [0.5, 0.6) is 0 Å². The second-order valence-electron chi connectivity index (χ2n) is 7.67. The number of hydrogen-bond donors (Lipinski definition) is 0. The minimum absolute atomic E-state index is 0.988. The Bertz CT molecular complexity index is 306. The summed E-state index contributed by atoms with van der Waals surface area (Å²) in [6.45, 7) is 2.45. The van der Waals surface area contributed by atoms with E-state index in [1.165, 1.54) is 64.2 Å². The van der Waals surface area contributed by atoms with Crippen LogP contribution in [0.3, 0.4) is 0 Å². The van der Waals surface area contributed by atoms with Crippen molar-refractivity contribution in [2.75, 3.05) is 0 Å². The summed E-state index contributed by atoms with van der Waals surface area (Å²) in [5.74, 6) is 4.18. The standard InChI is InChI=1S/C19H32/c1-15-8-10-17(11-9-15)19-13-12-18(14-19)16-6-4-2-3-5-7-16/h6,15,17-19H,2-5,7-14H2,1H3. The maximum Gasteiger partial charge on any atom is -0.0200 e. The number of hydrogen-bond acceptors (Lipinski definition) is 0. The van der Waals surface area contributed by atoms with Crippen LogP contribution in [0.1, 0.15) is 84.0 Å². The zero-order chi connectivity index (χ0) is 13.1. The Morgan fingerprint density at radius 1 is 0.842 bits per heavy atom. The predicted octanol–water partition coefficient (Wildman–Crippen LogP) is 6.12. The van der Waals surface area contributed by atoms with Crippen molar-refractivity contribution in [2.45, 2.75) is 84.0 Å². The highest BCUT2D eigenvalue weighted by molar-refractivity contribution is 5.10. The van der Waals surface area contributed by atoms with Gasteiger partial charge in [-0.3, -0.25) is 0 Å². The molecular formula is C19H32. The third-order valence-electron chi connectivity index (χ3n) is 6.30. The van der Waals surface area contributed by atoms with E-state index in [0.29, 0.717) is 0 Å². The van der Waals surface area contributed by atoms with E-state index in [-0.39, 0.29) is 0 Å². The van der Waals surface area contributed by atoms with Crippen molar-refractivity contribution in [3.8, 4) is 0 Å². The van der Waals surface area contributed by atoms with Crippen LogP contribution in [-0.2, 0) is 0 Å². The predicted molar refractivity (Wildman–Crippen MR) is 83.1 cm³/mol. The average molecular weight is 260 g/mol. The summed E-state index contributed by atoms with van der Waals surface area (Å²) in [4.78, 5) is 0. The number of allylic oxidation sites excluding steroid dienone is 2. The summed E-state index contributed by atoms with van der Waals surface area (Å²) in [6, 6.07) is 0. The zero-order valence-corrected chi connectivity index (χ0v) is 12.9. The molecule has 0 saturated heterocycles. The molecule has 2 saturated carbocycles. The van der Waals surface area contributed by atoms with E-state index in [2.05, 4.69) is 13.0 Å².